The Bertz CT molecular complexity index is 483. The Morgan fingerprint density at radius 1 is 1.26 bits per heavy atom. The van der Waals surface area contributed by atoms with Crippen LogP contribution in [0, 0.1) is 0 Å². The molecule has 2 aliphatic rings. The number of carbonyl (C=O) groups is 1. The minimum absolute atomic E-state index is 0.0605. The van der Waals surface area contributed by atoms with Crippen LogP contribution in [0.5, 0.6) is 5.75 Å². The summed E-state index contributed by atoms with van der Waals surface area (Å²) in [6, 6.07) is 3.72. The van der Waals surface area contributed by atoms with E-state index < -0.39 is 0 Å². The molecule has 0 unspecified atom stereocenters. The lowest BCUT2D eigenvalue weighted by atomic mass is 10.1. The first-order chi connectivity index (χ1) is 11.3. The summed E-state index contributed by atoms with van der Waals surface area (Å²) in [4.78, 5) is 18.0. The summed E-state index contributed by atoms with van der Waals surface area (Å²) in [5.41, 5.74) is 0. The van der Waals surface area contributed by atoms with Crippen LogP contribution >= 0.6 is 0 Å². The van der Waals surface area contributed by atoms with Crippen LogP contribution in [0.25, 0.3) is 0 Å². The molecule has 1 atom stereocenters. The minimum atomic E-state index is 0.0605. The van der Waals surface area contributed by atoms with Gasteiger partial charge in [0.05, 0.1) is 12.7 Å². The van der Waals surface area contributed by atoms with E-state index in [2.05, 4.69) is 4.98 Å². The van der Waals surface area contributed by atoms with Gasteiger partial charge in [-0.15, -0.1) is 0 Å². The predicted molar refractivity (Wildman–Crippen MR) is 84.3 cm³/mol. The fourth-order valence-corrected chi connectivity index (χ4v) is 2.98. The highest BCUT2D eigenvalue weighted by atomic mass is 16.5. The van der Waals surface area contributed by atoms with E-state index in [1.807, 2.05) is 17.0 Å². The fourth-order valence-electron chi connectivity index (χ4n) is 2.98. The van der Waals surface area contributed by atoms with Gasteiger partial charge in [-0.2, -0.15) is 0 Å². The fraction of sp³-hybridized carbons (Fsp3) is 0.647. The Kier molecular flexibility index (Phi) is 5.82. The average Bonchev–Trinajstić information content (AvgIpc) is 3.10. The molecule has 2 fully saturated rings. The van der Waals surface area contributed by atoms with Crippen LogP contribution in [-0.4, -0.2) is 60.9 Å². The van der Waals surface area contributed by atoms with Gasteiger partial charge in [0.15, 0.2) is 0 Å². The maximum atomic E-state index is 12.1. The molecule has 0 saturated carbocycles. The van der Waals surface area contributed by atoms with Gasteiger partial charge >= 0.3 is 0 Å². The summed E-state index contributed by atoms with van der Waals surface area (Å²) in [7, 11) is 0. The number of rotatable bonds is 6. The van der Waals surface area contributed by atoms with Gasteiger partial charge in [0.25, 0.3) is 0 Å². The molecular weight excluding hydrogens is 296 g/mol. The highest BCUT2D eigenvalue weighted by Gasteiger charge is 2.24. The number of likely N-dealkylation sites (tertiary alicyclic amines) is 1. The van der Waals surface area contributed by atoms with Crippen molar-refractivity contribution < 1.29 is 19.0 Å². The third-order valence-corrected chi connectivity index (χ3v) is 4.30. The van der Waals surface area contributed by atoms with Crippen LogP contribution in [0.2, 0.25) is 0 Å². The lowest BCUT2D eigenvalue weighted by Gasteiger charge is -2.32. The SMILES string of the molecule is O=C(COC[C@H]1CCCO1)N1CCC(Oc2ccncc2)CC1. The summed E-state index contributed by atoms with van der Waals surface area (Å²) in [6.07, 6.45) is 7.59. The van der Waals surface area contributed by atoms with Crippen molar-refractivity contribution in [1.29, 1.82) is 0 Å². The first-order valence-corrected chi connectivity index (χ1v) is 8.35. The molecule has 0 N–H and O–H groups in total. The molecule has 6 nitrogen and oxygen atoms in total. The molecule has 6 heteroatoms. The van der Waals surface area contributed by atoms with Gasteiger partial charge in [-0.05, 0) is 25.0 Å². The number of piperidine rings is 1. The topological polar surface area (TPSA) is 60.9 Å². The summed E-state index contributed by atoms with van der Waals surface area (Å²) in [6.45, 7) is 2.92. The van der Waals surface area contributed by atoms with Gasteiger partial charge in [0.2, 0.25) is 5.91 Å². The second kappa shape index (κ2) is 8.26. The maximum absolute atomic E-state index is 12.1. The number of carbonyl (C=O) groups excluding carboxylic acids is 1. The van der Waals surface area contributed by atoms with Crippen LogP contribution in [0.3, 0.4) is 0 Å². The van der Waals surface area contributed by atoms with E-state index in [0.717, 1.165) is 51.1 Å². The Balaban J connectivity index is 1.34. The van der Waals surface area contributed by atoms with Crippen molar-refractivity contribution in [3.63, 3.8) is 0 Å². The minimum Gasteiger partial charge on any atom is -0.490 e. The number of nitrogens with zero attached hydrogens (tertiary/aromatic N) is 2. The first kappa shape index (κ1) is 16.2. The Hall–Kier alpha value is -1.66. The molecule has 0 spiro atoms. The standard InChI is InChI=1S/C17H24N2O4/c20-17(13-21-12-16-2-1-11-22-16)19-9-5-15(6-10-19)23-14-3-7-18-8-4-14/h3-4,7-8,15-16H,1-2,5-6,9-13H2/t16-/m1/s1. The molecule has 1 aromatic heterocycles. The van der Waals surface area contributed by atoms with Gasteiger partial charge in [0.1, 0.15) is 18.5 Å². The number of ether oxygens (including phenoxy) is 3. The molecule has 23 heavy (non-hydrogen) atoms. The van der Waals surface area contributed by atoms with Gasteiger partial charge in [-0.1, -0.05) is 0 Å². The Labute approximate surface area is 136 Å². The average molecular weight is 320 g/mol. The lowest BCUT2D eigenvalue weighted by molar-refractivity contribution is -0.139. The Morgan fingerprint density at radius 2 is 2.04 bits per heavy atom. The lowest BCUT2D eigenvalue weighted by Crippen LogP contribution is -2.43. The zero-order valence-electron chi connectivity index (χ0n) is 13.4. The van der Waals surface area contributed by atoms with Crippen LogP contribution in [-0.2, 0) is 14.3 Å². The van der Waals surface area contributed by atoms with Crippen molar-refractivity contribution in [1.82, 2.24) is 9.88 Å². The van der Waals surface area contributed by atoms with Crippen LogP contribution < -0.4 is 4.74 Å². The summed E-state index contributed by atoms with van der Waals surface area (Å²) >= 11 is 0. The van der Waals surface area contributed by atoms with Crippen LogP contribution in [0.15, 0.2) is 24.5 Å². The molecule has 2 saturated heterocycles. The van der Waals surface area contributed by atoms with E-state index in [9.17, 15) is 4.79 Å². The van der Waals surface area contributed by atoms with E-state index in [0.29, 0.717) is 6.61 Å². The van der Waals surface area contributed by atoms with E-state index >= 15 is 0 Å². The summed E-state index contributed by atoms with van der Waals surface area (Å²) in [5.74, 6) is 0.898. The number of hydrogen-bond donors (Lipinski definition) is 0. The van der Waals surface area contributed by atoms with Crippen molar-refractivity contribution in [2.75, 3.05) is 32.9 Å². The van der Waals surface area contributed by atoms with Crippen molar-refractivity contribution in [2.24, 2.45) is 0 Å². The first-order valence-electron chi connectivity index (χ1n) is 8.35. The molecule has 3 rings (SSSR count). The molecule has 0 aliphatic carbocycles. The van der Waals surface area contributed by atoms with E-state index in [1.165, 1.54) is 0 Å². The second-order valence-electron chi connectivity index (χ2n) is 6.03. The van der Waals surface area contributed by atoms with Crippen LogP contribution in [0.4, 0.5) is 0 Å². The van der Waals surface area contributed by atoms with Crippen molar-refractivity contribution in [3.05, 3.63) is 24.5 Å². The quantitative estimate of drug-likeness (QED) is 0.797. The maximum Gasteiger partial charge on any atom is 0.248 e. The monoisotopic (exact) mass is 320 g/mol. The van der Waals surface area contributed by atoms with Crippen molar-refractivity contribution in [2.45, 2.75) is 37.9 Å². The van der Waals surface area contributed by atoms with Gasteiger partial charge < -0.3 is 19.1 Å². The van der Waals surface area contributed by atoms with Crippen molar-refractivity contribution >= 4 is 5.91 Å². The smallest absolute Gasteiger partial charge is 0.248 e. The summed E-state index contributed by atoms with van der Waals surface area (Å²) in [5, 5.41) is 0. The molecule has 1 aromatic rings. The van der Waals surface area contributed by atoms with Crippen LogP contribution in [0.1, 0.15) is 25.7 Å². The zero-order chi connectivity index (χ0) is 15.9. The molecular formula is C17H24N2O4. The number of hydrogen-bond acceptors (Lipinski definition) is 5. The molecule has 0 radical (unpaired) electrons. The van der Waals surface area contributed by atoms with Gasteiger partial charge in [0, 0.05) is 44.9 Å². The number of pyridine rings is 1. The Morgan fingerprint density at radius 3 is 2.74 bits per heavy atom. The largest absolute Gasteiger partial charge is 0.490 e. The molecule has 0 aromatic carbocycles. The molecule has 126 valence electrons. The zero-order valence-corrected chi connectivity index (χ0v) is 13.4. The van der Waals surface area contributed by atoms with E-state index in [-0.39, 0.29) is 24.7 Å². The third kappa shape index (κ3) is 4.91. The van der Waals surface area contributed by atoms with E-state index in [4.69, 9.17) is 14.2 Å². The highest BCUT2D eigenvalue weighted by Crippen LogP contribution is 2.18. The number of amides is 1. The second-order valence-corrected chi connectivity index (χ2v) is 6.03. The predicted octanol–water partition coefficient (Wildman–Crippen LogP) is 1.65. The molecule has 1 amide bonds. The molecule has 2 aliphatic heterocycles. The van der Waals surface area contributed by atoms with Gasteiger partial charge in [-0.25, -0.2) is 0 Å². The highest BCUT2D eigenvalue weighted by molar-refractivity contribution is 5.77. The van der Waals surface area contributed by atoms with Gasteiger partial charge in [-0.3, -0.25) is 9.78 Å². The number of aromatic nitrogens is 1. The van der Waals surface area contributed by atoms with Crippen molar-refractivity contribution in [3.8, 4) is 5.75 Å². The summed E-state index contributed by atoms with van der Waals surface area (Å²) < 4.78 is 16.9. The third-order valence-electron chi connectivity index (χ3n) is 4.30. The molecule has 0 bridgehead atoms. The van der Waals surface area contributed by atoms with E-state index in [1.54, 1.807) is 12.4 Å². The molecule has 3 heterocycles. The normalized spacial score (nSPS) is 22.3.